The van der Waals surface area contributed by atoms with Gasteiger partial charge in [0, 0.05) is 5.57 Å². The molecule has 0 saturated carbocycles. The van der Waals surface area contributed by atoms with Crippen LogP contribution in [0.15, 0.2) is 29.8 Å². The topological polar surface area (TPSA) is 94.8 Å². The van der Waals surface area contributed by atoms with Crippen molar-refractivity contribution in [1.29, 1.82) is 0 Å². The molecule has 0 amide bonds. The predicted molar refractivity (Wildman–Crippen MR) is 72.9 cm³/mol. The highest BCUT2D eigenvalue weighted by Crippen LogP contribution is 2.35. The molecular formula is C13H17O5P. The molecule has 3 N–H and O–H groups in total. The van der Waals surface area contributed by atoms with Crippen LogP contribution < -0.4 is 0 Å². The van der Waals surface area contributed by atoms with Gasteiger partial charge in [-0.3, -0.25) is 4.57 Å². The van der Waals surface area contributed by atoms with Gasteiger partial charge in [-0.1, -0.05) is 29.8 Å². The molecule has 0 aliphatic carbocycles. The van der Waals surface area contributed by atoms with Crippen LogP contribution in [0.5, 0.6) is 0 Å². The zero-order chi connectivity index (χ0) is 14.5. The molecule has 0 aromatic heterocycles. The van der Waals surface area contributed by atoms with E-state index in [1.165, 1.54) is 6.08 Å². The number of carbonyl (C=O) groups is 1. The van der Waals surface area contributed by atoms with Crippen LogP contribution in [-0.2, 0) is 9.36 Å². The SMILES string of the molecule is Cc1ccc(/C=C(\CCCP(=O)(O)O)C(=O)O)cc1. The van der Waals surface area contributed by atoms with Gasteiger partial charge in [-0.15, -0.1) is 0 Å². The van der Waals surface area contributed by atoms with Crippen molar-refractivity contribution in [3.63, 3.8) is 0 Å². The number of hydrogen-bond donors (Lipinski definition) is 3. The molecule has 0 heterocycles. The molecule has 5 nitrogen and oxygen atoms in total. The Morgan fingerprint density at radius 2 is 1.84 bits per heavy atom. The molecule has 19 heavy (non-hydrogen) atoms. The van der Waals surface area contributed by atoms with Crippen molar-refractivity contribution in [2.75, 3.05) is 6.16 Å². The largest absolute Gasteiger partial charge is 0.478 e. The molecule has 0 bridgehead atoms. The van der Waals surface area contributed by atoms with Crippen LogP contribution in [0.2, 0.25) is 0 Å². The van der Waals surface area contributed by atoms with E-state index in [4.69, 9.17) is 14.9 Å². The Hall–Kier alpha value is -1.42. The summed E-state index contributed by atoms with van der Waals surface area (Å²) in [5.74, 6) is -1.06. The average Bonchev–Trinajstić information content (AvgIpc) is 2.28. The van der Waals surface area contributed by atoms with E-state index in [9.17, 15) is 9.36 Å². The van der Waals surface area contributed by atoms with Gasteiger partial charge in [0.25, 0.3) is 0 Å². The Morgan fingerprint density at radius 1 is 1.26 bits per heavy atom. The fourth-order valence-electron chi connectivity index (χ4n) is 1.58. The smallest absolute Gasteiger partial charge is 0.331 e. The highest BCUT2D eigenvalue weighted by Gasteiger charge is 2.14. The Bertz CT molecular complexity index is 512. The lowest BCUT2D eigenvalue weighted by Gasteiger charge is -2.05. The number of rotatable bonds is 6. The summed E-state index contributed by atoms with van der Waals surface area (Å²) in [6.07, 6.45) is 1.51. The van der Waals surface area contributed by atoms with Gasteiger partial charge in [-0.2, -0.15) is 0 Å². The average molecular weight is 284 g/mol. The van der Waals surface area contributed by atoms with E-state index < -0.39 is 13.6 Å². The first kappa shape index (κ1) is 15.6. The maximum Gasteiger partial charge on any atom is 0.331 e. The van der Waals surface area contributed by atoms with Gasteiger partial charge >= 0.3 is 13.6 Å². The molecule has 0 radical (unpaired) electrons. The maximum atomic E-state index is 11.1. The lowest BCUT2D eigenvalue weighted by Crippen LogP contribution is -2.02. The van der Waals surface area contributed by atoms with Crippen molar-refractivity contribution in [3.8, 4) is 0 Å². The molecule has 0 aliphatic rings. The summed E-state index contributed by atoms with van der Waals surface area (Å²) in [6.45, 7) is 1.94. The van der Waals surface area contributed by atoms with Crippen molar-refractivity contribution in [1.82, 2.24) is 0 Å². The maximum absolute atomic E-state index is 11.1. The minimum Gasteiger partial charge on any atom is -0.478 e. The molecule has 0 saturated heterocycles. The summed E-state index contributed by atoms with van der Waals surface area (Å²) in [5, 5.41) is 9.06. The Labute approximate surface area is 111 Å². The summed E-state index contributed by atoms with van der Waals surface area (Å²) in [6, 6.07) is 7.37. The van der Waals surface area contributed by atoms with Gasteiger partial charge in [0.2, 0.25) is 0 Å². The van der Waals surface area contributed by atoms with Crippen LogP contribution in [0.1, 0.15) is 24.0 Å². The van der Waals surface area contributed by atoms with Crippen molar-refractivity contribution in [2.24, 2.45) is 0 Å². The fraction of sp³-hybridized carbons (Fsp3) is 0.308. The Morgan fingerprint density at radius 3 is 2.32 bits per heavy atom. The minimum absolute atomic E-state index is 0.133. The predicted octanol–water partition coefficient (Wildman–Crippen LogP) is 2.42. The number of aliphatic carboxylic acids is 1. The third kappa shape index (κ3) is 6.34. The van der Waals surface area contributed by atoms with Crippen molar-refractivity contribution in [3.05, 3.63) is 41.0 Å². The molecule has 1 aromatic rings. The molecule has 0 unspecified atom stereocenters. The van der Waals surface area contributed by atoms with Crippen LogP contribution >= 0.6 is 7.60 Å². The van der Waals surface area contributed by atoms with Crippen LogP contribution in [0, 0.1) is 6.92 Å². The number of carboxylic acids is 1. The van der Waals surface area contributed by atoms with Crippen LogP contribution in [0.4, 0.5) is 0 Å². The van der Waals surface area contributed by atoms with Gasteiger partial charge in [-0.05, 0) is 31.4 Å². The summed E-state index contributed by atoms with van der Waals surface area (Å²) < 4.78 is 10.7. The van der Waals surface area contributed by atoms with E-state index in [2.05, 4.69) is 0 Å². The first-order valence-electron chi connectivity index (χ1n) is 5.83. The lowest BCUT2D eigenvalue weighted by atomic mass is 10.1. The summed E-state index contributed by atoms with van der Waals surface area (Å²) in [7, 11) is -4.06. The molecule has 0 spiro atoms. The van der Waals surface area contributed by atoms with Crippen molar-refractivity contribution in [2.45, 2.75) is 19.8 Å². The van der Waals surface area contributed by atoms with Gasteiger partial charge in [0.05, 0.1) is 6.16 Å². The monoisotopic (exact) mass is 284 g/mol. The van der Waals surface area contributed by atoms with Gasteiger partial charge in [-0.25, -0.2) is 4.79 Å². The van der Waals surface area contributed by atoms with Gasteiger partial charge < -0.3 is 14.9 Å². The molecule has 0 atom stereocenters. The van der Waals surface area contributed by atoms with Crippen LogP contribution in [0.25, 0.3) is 6.08 Å². The normalized spacial score (nSPS) is 12.5. The third-order valence-electron chi connectivity index (χ3n) is 2.59. The lowest BCUT2D eigenvalue weighted by molar-refractivity contribution is -0.132. The summed E-state index contributed by atoms with van der Waals surface area (Å²) in [4.78, 5) is 28.5. The molecule has 0 fully saturated rings. The van der Waals surface area contributed by atoms with Crippen LogP contribution in [-0.4, -0.2) is 27.0 Å². The summed E-state index contributed by atoms with van der Waals surface area (Å²) >= 11 is 0. The highest BCUT2D eigenvalue weighted by molar-refractivity contribution is 7.51. The molecule has 6 heteroatoms. The fourth-order valence-corrected chi connectivity index (χ4v) is 2.15. The van der Waals surface area contributed by atoms with Gasteiger partial charge in [0.1, 0.15) is 0 Å². The summed E-state index contributed by atoms with van der Waals surface area (Å²) in [5.41, 5.74) is 1.99. The second-order valence-corrected chi connectivity index (χ2v) is 6.15. The Kier molecular flexibility index (Phi) is 5.48. The van der Waals surface area contributed by atoms with E-state index in [1.54, 1.807) is 12.1 Å². The number of carboxylic acid groups (broad SMARTS) is 1. The molecular weight excluding hydrogens is 267 g/mol. The standard InChI is InChI=1S/C13H17O5P/c1-10-4-6-11(7-5-10)9-12(13(14)15)3-2-8-19(16,17)18/h4-7,9H,2-3,8H2,1H3,(H,14,15)(H2,16,17,18)/b12-9+. The second-order valence-electron chi connectivity index (χ2n) is 4.38. The molecule has 104 valence electrons. The number of benzene rings is 1. The van der Waals surface area contributed by atoms with Crippen LogP contribution in [0.3, 0.4) is 0 Å². The molecule has 1 rings (SSSR count). The third-order valence-corrected chi connectivity index (χ3v) is 3.49. The van der Waals surface area contributed by atoms with E-state index in [-0.39, 0.29) is 24.6 Å². The minimum atomic E-state index is -4.06. The number of aryl methyl sites for hydroxylation is 1. The zero-order valence-corrected chi connectivity index (χ0v) is 11.5. The highest BCUT2D eigenvalue weighted by atomic mass is 31.2. The second kappa shape index (κ2) is 6.66. The van der Waals surface area contributed by atoms with Crippen molar-refractivity contribution < 1.29 is 24.3 Å². The quantitative estimate of drug-likeness (QED) is 0.551. The zero-order valence-electron chi connectivity index (χ0n) is 10.6. The van der Waals surface area contributed by atoms with E-state index >= 15 is 0 Å². The van der Waals surface area contributed by atoms with E-state index in [0.717, 1.165) is 11.1 Å². The molecule has 1 aromatic carbocycles. The van der Waals surface area contributed by atoms with Crippen molar-refractivity contribution >= 4 is 19.6 Å². The Balaban J connectivity index is 2.75. The van der Waals surface area contributed by atoms with E-state index in [0.29, 0.717) is 0 Å². The first-order chi connectivity index (χ1) is 8.78. The molecule has 0 aliphatic heterocycles. The number of hydrogen-bond acceptors (Lipinski definition) is 2. The van der Waals surface area contributed by atoms with Gasteiger partial charge in [0.15, 0.2) is 0 Å². The van der Waals surface area contributed by atoms with E-state index in [1.807, 2.05) is 19.1 Å². The first-order valence-corrected chi connectivity index (χ1v) is 7.63.